The number of aliphatic hydroxyl groups is 1. The Morgan fingerprint density at radius 1 is 0.554 bits per heavy atom. The van der Waals surface area contributed by atoms with Crippen molar-refractivity contribution in [3.63, 3.8) is 0 Å². The summed E-state index contributed by atoms with van der Waals surface area (Å²) in [5.41, 5.74) is 21.2. The van der Waals surface area contributed by atoms with Gasteiger partial charge in [-0.2, -0.15) is 25.3 Å². The molecule has 0 fully saturated rings. The number of carboxylic acids is 1. The van der Waals surface area contributed by atoms with E-state index in [9.17, 15) is 43.8 Å². The van der Waals surface area contributed by atoms with Gasteiger partial charge in [-0.05, 0) is 67.1 Å². The molecule has 0 spiro atoms. The minimum absolute atomic E-state index is 0.0154. The van der Waals surface area contributed by atoms with Crippen LogP contribution in [0.2, 0.25) is 0 Å². The van der Waals surface area contributed by atoms with E-state index in [4.69, 9.17) is 17.2 Å². The molecule has 16 N–H and O–H groups in total. The first-order valence-electron chi connectivity index (χ1n) is 27.0. The normalized spacial score (nSPS) is 14.5. The number of thiol groups is 2. The largest absolute Gasteiger partial charge is 0.480 e. The van der Waals surface area contributed by atoms with E-state index in [1.807, 2.05) is 42.5 Å². The number of benzene rings is 4. The molecular formula is C58H72N12O11S2. The standard InChI is InChI=1S/C58H72N12O11S2/c1-33(71)50(56(78)68-47(25-35-16-6-3-7-17-35)57(79)70(30-49(61)72)48(32-83)58(80)81)69-52(74)43(22-12-13-23-59)64-54(76)45(26-36-28-62-41-20-10-8-18-38(36)41)67-55(77)46(27-37-29-63-42-21-11-9-19-39(37)42)66-53(75)44(65-51(73)40(60)31-82)24-34-14-4-2-5-15-34/h2-11,14-21,28-29,33,40,43-48,50,62-63,71,82-83H,12-13,22-27,30-32,59-60H2,1H3,(H2,61,72)(H,64,76)(H,65,73)(H,66,75)(H,67,77)(H,68,78)(H,69,74)(H,80,81)/t33-,40+,43+,44+,45-,46+,47+,48-,50+/m1/s1. The summed E-state index contributed by atoms with van der Waals surface area (Å²) in [5, 5.41) is 38.8. The van der Waals surface area contributed by atoms with Crippen LogP contribution in [0.15, 0.2) is 122 Å². The van der Waals surface area contributed by atoms with Gasteiger partial charge in [0.05, 0.1) is 12.1 Å². The monoisotopic (exact) mass is 1180 g/mol. The number of H-pyrrole nitrogens is 2. The lowest BCUT2D eigenvalue weighted by Crippen LogP contribution is -2.62. The molecule has 0 radical (unpaired) electrons. The number of aliphatic hydroxyl groups excluding tert-OH is 1. The summed E-state index contributed by atoms with van der Waals surface area (Å²) >= 11 is 8.24. The van der Waals surface area contributed by atoms with E-state index in [1.165, 1.54) is 6.92 Å². The summed E-state index contributed by atoms with van der Waals surface area (Å²) in [5.74, 6) is -9.12. The summed E-state index contributed by atoms with van der Waals surface area (Å²) in [6.45, 7) is 0.566. The van der Waals surface area contributed by atoms with E-state index in [1.54, 1.807) is 79.1 Å². The zero-order chi connectivity index (χ0) is 60.2. The number of unbranched alkanes of at least 4 members (excludes halogenated alkanes) is 1. The first kappa shape index (κ1) is 63.9. The Hall–Kier alpha value is -8.23. The second-order valence-electron chi connectivity index (χ2n) is 20.1. The molecule has 6 rings (SSSR count). The average molecular weight is 1180 g/mol. The maximum atomic E-state index is 15.1. The average Bonchev–Trinajstić information content (AvgIpc) is 4.34. The number of carbonyl (C=O) groups excluding carboxylic acids is 8. The van der Waals surface area contributed by atoms with Gasteiger partial charge < -0.3 is 74.2 Å². The van der Waals surface area contributed by atoms with E-state index in [0.717, 1.165) is 21.8 Å². The molecule has 2 heterocycles. The number of amides is 8. The first-order valence-corrected chi connectivity index (χ1v) is 28.3. The van der Waals surface area contributed by atoms with Crippen LogP contribution in [0.4, 0.5) is 0 Å². The maximum absolute atomic E-state index is 15.1. The Morgan fingerprint density at radius 2 is 0.988 bits per heavy atom. The number of aromatic amines is 2. The third kappa shape index (κ3) is 18.1. The van der Waals surface area contributed by atoms with Crippen LogP contribution in [0, 0.1) is 0 Å². The molecule has 442 valence electrons. The van der Waals surface area contributed by atoms with Gasteiger partial charge in [-0.25, -0.2) is 4.79 Å². The molecule has 4 aromatic carbocycles. The minimum atomic E-state index is -1.80. The molecule has 0 saturated heterocycles. The van der Waals surface area contributed by atoms with Gasteiger partial charge in [0.15, 0.2) is 0 Å². The first-order chi connectivity index (χ1) is 39.8. The number of nitrogens with one attached hydrogen (secondary N) is 8. The lowest BCUT2D eigenvalue weighted by atomic mass is 10.00. The molecule has 9 atom stereocenters. The zero-order valence-electron chi connectivity index (χ0n) is 45.7. The van der Waals surface area contributed by atoms with Crippen molar-refractivity contribution in [1.82, 2.24) is 46.8 Å². The van der Waals surface area contributed by atoms with Gasteiger partial charge in [0.25, 0.3) is 0 Å². The van der Waals surface area contributed by atoms with Crippen molar-refractivity contribution in [2.75, 3.05) is 24.6 Å². The van der Waals surface area contributed by atoms with E-state index in [0.29, 0.717) is 33.6 Å². The van der Waals surface area contributed by atoms with Crippen LogP contribution in [0.25, 0.3) is 21.8 Å². The number of hydrogen-bond acceptors (Lipinski definition) is 14. The molecule has 25 heteroatoms. The zero-order valence-corrected chi connectivity index (χ0v) is 47.5. The number of nitrogens with zero attached hydrogens (tertiary/aromatic N) is 1. The molecule has 6 aromatic rings. The van der Waals surface area contributed by atoms with Gasteiger partial charge in [0.2, 0.25) is 47.3 Å². The molecule has 0 aliphatic heterocycles. The predicted octanol–water partition coefficient (Wildman–Crippen LogP) is 0.292. The summed E-state index contributed by atoms with van der Waals surface area (Å²) in [4.78, 5) is 133. The fourth-order valence-electron chi connectivity index (χ4n) is 9.45. The molecular weight excluding hydrogens is 1100 g/mol. The van der Waals surface area contributed by atoms with Gasteiger partial charge in [-0.1, -0.05) is 97.1 Å². The molecule has 0 aliphatic carbocycles. The number of rotatable bonds is 32. The number of aromatic nitrogens is 2. The van der Waals surface area contributed by atoms with Crippen molar-refractivity contribution in [3.8, 4) is 0 Å². The number of nitrogens with two attached hydrogens (primary N) is 3. The Balaban J connectivity index is 1.32. The van der Waals surface area contributed by atoms with Crippen molar-refractivity contribution in [2.45, 2.75) is 106 Å². The molecule has 2 aromatic heterocycles. The third-order valence-corrected chi connectivity index (χ3v) is 14.6. The highest BCUT2D eigenvalue weighted by atomic mass is 32.1. The van der Waals surface area contributed by atoms with E-state index < -0.39 is 120 Å². The summed E-state index contributed by atoms with van der Waals surface area (Å²) in [6, 6.07) is 20.2. The van der Waals surface area contributed by atoms with Crippen molar-refractivity contribution in [3.05, 3.63) is 144 Å². The highest BCUT2D eigenvalue weighted by Gasteiger charge is 2.39. The number of hydrogen-bond donors (Lipinski definition) is 15. The fourth-order valence-corrected chi connectivity index (χ4v) is 9.97. The highest BCUT2D eigenvalue weighted by Crippen LogP contribution is 2.22. The molecule has 0 saturated carbocycles. The lowest BCUT2D eigenvalue weighted by molar-refractivity contribution is -0.151. The van der Waals surface area contributed by atoms with E-state index >= 15 is 9.59 Å². The van der Waals surface area contributed by atoms with Gasteiger partial charge in [0.1, 0.15) is 48.8 Å². The predicted molar refractivity (Wildman–Crippen MR) is 318 cm³/mol. The van der Waals surface area contributed by atoms with Crippen LogP contribution in [0.1, 0.15) is 48.4 Å². The molecule has 8 amide bonds. The number of carboxylic acid groups (broad SMARTS) is 1. The van der Waals surface area contributed by atoms with E-state index in [-0.39, 0.29) is 50.8 Å². The minimum Gasteiger partial charge on any atom is -0.480 e. The SMILES string of the molecule is C[C@@H](O)[C@H](NC(=O)[C@H](CCCCN)NC(=O)[C@@H](Cc1c[nH]c2ccccc12)NC(=O)[C@H](Cc1c[nH]c2ccccc12)NC(=O)[C@H](Cc1ccccc1)NC(=O)[C@@H](N)CS)C(=O)N[C@@H](Cc1ccccc1)C(=O)N(CC(N)=O)[C@H](CS)C(=O)O. The quantitative estimate of drug-likeness (QED) is 0.0200. The Kier molecular flexibility index (Phi) is 24.1. The number of carbonyl (C=O) groups is 9. The van der Waals surface area contributed by atoms with Crippen molar-refractivity contribution < 1.29 is 53.4 Å². The van der Waals surface area contributed by atoms with E-state index in [2.05, 4.69) is 67.1 Å². The molecule has 83 heavy (non-hydrogen) atoms. The van der Waals surface area contributed by atoms with Crippen LogP contribution >= 0.6 is 25.3 Å². The van der Waals surface area contributed by atoms with Crippen molar-refractivity contribution in [2.24, 2.45) is 17.2 Å². The Labute approximate surface area is 490 Å². The number of fused-ring (bicyclic) bond motifs is 2. The lowest BCUT2D eigenvalue weighted by Gasteiger charge is -2.32. The Bertz CT molecular complexity index is 3200. The van der Waals surface area contributed by atoms with Crippen LogP contribution in [0.5, 0.6) is 0 Å². The van der Waals surface area contributed by atoms with Crippen LogP contribution < -0.4 is 49.1 Å². The topological polar surface area (TPSA) is 379 Å². The fraction of sp³-hybridized carbons (Fsp3) is 0.362. The summed E-state index contributed by atoms with van der Waals surface area (Å²) in [6.07, 6.45) is 1.87. The molecule has 0 unspecified atom stereocenters. The second kappa shape index (κ2) is 31.3. The summed E-state index contributed by atoms with van der Waals surface area (Å²) < 4.78 is 0. The van der Waals surface area contributed by atoms with Gasteiger partial charge in [-0.3, -0.25) is 38.4 Å². The number of aliphatic carboxylic acids is 1. The highest BCUT2D eigenvalue weighted by molar-refractivity contribution is 7.80. The van der Waals surface area contributed by atoms with Crippen LogP contribution in [-0.4, -0.2) is 157 Å². The van der Waals surface area contributed by atoms with Gasteiger partial charge >= 0.3 is 5.97 Å². The third-order valence-electron chi connectivity index (χ3n) is 13.9. The number of primary amides is 1. The molecule has 23 nitrogen and oxygen atoms in total. The Morgan fingerprint density at radius 3 is 1.45 bits per heavy atom. The van der Waals surface area contributed by atoms with Crippen molar-refractivity contribution in [1.29, 1.82) is 0 Å². The van der Waals surface area contributed by atoms with Crippen molar-refractivity contribution >= 4 is 100 Å². The summed E-state index contributed by atoms with van der Waals surface area (Å²) in [7, 11) is 0. The maximum Gasteiger partial charge on any atom is 0.327 e. The van der Waals surface area contributed by atoms with Crippen LogP contribution in [0.3, 0.4) is 0 Å². The van der Waals surface area contributed by atoms with Gasteiger partial charge in [-0.15, -0.1) is 0 Å². The molecule has 0 aliphatic rings. The second-order valence-corrected chi connectivity index (χ2v) is 20.8. The van der Waals surface area contributed by atoms with Gasteiger partial charge in [0, 0.05) is 71.4 Å². The smallest absolute Gasteiger partial charge is 0.327 e. The molecule has 0 bridgehead atoms. The van der Waals surface area contributed by atoms with Crippen LogP contribution in [-0.2, 0) is 68.8 Å². The number of para-hydroxylation sites is 2.